The van der Waals surface area contributed by atoms with Gasteiger partial charge in [0.15, 0.2) is 0 Å². The first-order valence-electron chi connectivity index (χ1n) is 13.4. The molecule has 0 radical (unpaired) electrons. The molecule has 0 spiro atoms. The third-order valence-electron chi connectivity index (χ3n) is 6.39. The maximum atomic E-state index is 12.9. The second kappa shape index (κ2) is 18.8. The van der Waals surface area contributed by atoms with Crippen LogP contribution in [-0.2, 0) is 14.4 Å². The lowest BCUT2D eigenvalue weighted by atomic mass is 9.79. The molecule has 0 fully saturated rings. The number of carbonyl (C=O) groups is 4. The van der Waals surface area contributed by atoms with Crippen LogP contribution in [-0.4, -0.2) is 133 Å². The number of aliphatic hydroxyl groups excluding tert-OH is 5. The van der Waals surface area contributed by atoms with Gasteiger partial charge in [0.2, 0.25) is 11.8 Å². The molecule has 0 saturated heterocycles. The number of rotatable bonds is 20. The molecule has 0 unspecified atom stereocenters. The lowest BCUT2D eigenvalue weighted by molar-refractivity contribution is -0.384. The summed E-state index contributed by atoms with van der Waals surface area (Å²) in [5, 5.41) is 94.0. The molecule has 0 aliphatic heterocycles. The van der Waals surface area contributed by atoms with Crippen LogP contribution in [0, 0.1) is 10.1 Å². The average Bonchev–Trinajstić information content (AvgIpc) is 2.99. The lowest BCUT2D eigenvalue weighted by Crippen LogP contribution is -2.53. The highest BCUT2D eigenvalue weighted by Crippen LogP contribution is 2.13. The van der Waals surface area contributed by atoms with Gasteiger partial charge in [-0.15, -0.1) is 0 Å². The van der Waals surface area contributed by atoms with E-state index in [9.17, 15) is 59.8 Å². The molecule has 0 aliphatic rings. The van der Waals surface area contributed by atoms with Crippen LogP contribution in [0.1, 0.15) is 42.5 Å². The zero-order valence-corrected chi connectivity index (χ0v) is 23.5. The van der Waals surface area contributed by atoms with Crippen LogP contribution in [0.3, 0.4) is 0 Å². The number of carboxylic acid groups (broad SMARTS) is 1. The van der Waals surface area contributed by atoms with E-state index < -0.39 is 102 Å². The Hall–Kier alpha value is -3.76. The molecule has 246 valence electrons. The van der Waals surface area contributed by atoms with E-state index in [-0.39, 0.29) is 25.8 Å². The Morgan fingerprint density at radius 2 is 1.59 bits per heavy atom. The molecule has 44 heavy (non-hydrogen) atoms. The summed E-state index contributed by atoms with van der Waals surface area (Å²) in [4.78, 5) is 59.3. The van der Waals surface area contributed by atoms with E-state index in [1.54, 1.807) is 0 Å². The van der Waals surface area contributed by atoms with Crippen molar-refractivity contribution in [2.24, 2.45) is 5.73 Å². The van der Waals surface area contributed by atoms with Crippen LogP contribution in [0.4, 0.5) is 5.69 Å². The Morgan fingerprint density at radius 1 is 0.955 bits per heavy atom. The minimum Gasteiger partial charge on any atom is -0.480 e. The lowest BCUT2D eigenvalue weighted by Gasteiger charge is -2.26. The minimum absolute atomic E-state index is 0.153. The van der Waals surface area contributed by atoms with E-state index in [0.717, 1.165) is 18.2 Å². The normalized spacial score (nSPS) is 15.2. The molecule has 19 nitrogen and oxygen atoms in total. The van der Waals surface area contributed by atoms with Crippen molar-refractivity contribution < 1.29 is 64.8 Å². The predicted molar refractivity (Wildman–Crippen MR) is 150 cm³/mol. The van der Waals surface area contributed by atoms with Crippen molar-refractivity contribution in [1.29, 1.82) is 0 Å². The average molecular weight is 631 g/mol. The summed E-state index contributed by atoms with van der Waals surface area (Å²) in [6.45, 7) is -1.50. The summed E-state index contributed by atoms with van der Waals surface area (Å²) in [5.74, 6) is -3.79. The maximum Gasteiger partial charge on any atom is 0.488 e. The molecule has 1 aromatic rings. The smallest absolute Gasteiger partial charge is 0.480 e. The van der Waals surface area contributed by atoms with Crippen LogP contribution in [0.5, 0.6) is 0 Å². The third-order valence-corrected chi connectivity index (χ3v) is 6.39. The molecule has 1 aromatic carbocycles. The highest BCUT2D eigenvalue weighted by molar-refractivity contribution is 6.58. The number of unbranched alkanes of at least 4 members (excludes halogenated alkanes) is 1. The fourth-order valence-corrected chi connectivity index (χ4v) is 3.75. The van der Waals surface area contributed by atoms with Gasteiger partial charge in [0.25, 0.3) is 11.6 Å². The van der Waals surface area contributed by atoms with Crippen LogP contribution in [0.2, 0.25) is 0 Å². The van der Waals surface area contributed by atoms with Gasteiger partial charge in [0, 0.05) is 37.2 Å². The predicted octanol–water partition coefficient (Wildman–Crippen LogP) is -5.60. The quantitative estimate of drug-likeness (QED) is 0.0276. The van der Waals surface area contributed by atoms with Gasteiger partial charge in [0.05, 0.1) is 17.6 Å². The zero-order valence-electron chi connectivity index (χ0n) is 23.5. The van der Waals surface area contributed by atoms with E-state index in [0.29, 0.717) is 12.8 Å². The van der Waals surface area contributed by atoms with Crippen molar-refractivity contribution in [2.75, 3.05) is 19.7 Å². The van der Waals surface area contributed by atoms with Crippen LogP contribution < -0.4 is 27.1 Å². The largest absolute Gasteiger partial charge is 0.488 e. The number of aliphatic carboxylic acids is 1. The summed E-state index contributed by atoms with van der Waals surface area (Å²) in [7, 11) is -2.17. The number of nitrogens with one attached hydrogen (secondary N) is 3. The van der Waals surface area contributed by atoms with E-state index in [1.807, 2.05) is 0 Å². The number of amides is 3. The van der Waals surface area contributed by atoms with Crippen molar-refractivity contribution in [3.8, 4) is 0 Å². The van der Waals surface area contributed by atoms with Crippen LogP contribution in [0.15, 0.2) is 18.2 Å². The standard InChI is InChI=1S/C24H38BN5O14/c26-15(24(39)40)3-1-2-6-27-19(34)5-4-16(23(38)28-10-17(32)20(35)21(36)18(33)11-31)29-22(37)12-7-13(25(41)42)9-14(8-12)30(43)44/h7-9,15-18,20-21,31-33,35-36,41-42H,1-6,10-11,26H2,(H,27,34)(H,28,38)(H,29,37)(H,39,40)/t15-,16-,17-,18+,20+,21+/m0/s1. The maximum absolute atomic E-state index is 12.9. The molecule has 0 bridgehead atoms. The summed E-state index contributed by atoms with van der Waals surface area (Å²) in [5.41, 5.74) is 3.92. The van der Waals surface area contributed by atoms with Crippen molar-refractivity contribution >= 4 is 42.0 Å². The summed E-state index contributed by atoms with van der Waals surface area (Å²) >= 11 is 0. The Balaban J connectivity index is 2.98. The SMILES string of the molecule is N[C@@H](CCCCNC(=O)CC[C@H](NC(=O)c1cc(B(O)O)cc([N+](=O)[O-])c1)C(=O)NC[C@H](O)[C@@H](O)[C@H](O)[C@H](O)CO)C(=O)O. The van der Waals surface area contributed by atoms with Gasteiger partial charge in [0.1, 0.15) is 30.4 Å². The first-order chi connectivity index (χ1) is 20.6. The van der Waals surface area contributed by atoms with Gasteiger partial charge in [-0.05, 0) is 37.2 Å². The van der Waals surface area contributed by atoms with Gasteiger partial charge in [-0.3, -0.25) is 29.3 Å². The molecule has 0 aromatic heterocycles. The van der Waals surface area contributed by atoms with Crippen LogP contribution in [0.25, 0.3) is 0 Å². The molecule has 13 N–H and O–H groups in total. The van der Waals surface area contributed by atoms with Gasteiger partial charge >= 0.3 is 13.1 Å². The second-order valence-corrected chi connectivity index (χ2v) is 9.84. The Kier molecular flexibility index (Phi) is 16.4. The number of nitrogens with two attached hydrogens (primary N) is 1. The van der Waals surface area contributed by atoms with Crippen molar-refractivity contribution in [3.05, 3.63) is 33.9 Å². The molecular weight excluding hydrogens is 593 g/mol. The summed E-state index contributed by atoms with van der Waals surface area (Å²) < 4.78 is 0. The first-order valence-corrected chi connectivity index (χ1v) is 13.4. The van der Waals surface area contributed by atoms with Gasteiger partial charge in [-0.1, -0.05) is 0 Å². The Labute approximate surface area is 251 Å². The first kappa shape index (κ1) is 38.3. The molecular formula is C24H38BN5O14. The second-order valence-electron chi connectivity index (χ2n) is 9.84. The molecule has 6 atom stereocenters. The number of benzene rings is 1. The van der Waals surface area contributed by atoms with Gasteiger partial charge < -0.3 is 62.4 Å². The number of carboxylic acids is 1. The minimum atomic E-state index is -2.17. The molecule has 3 amide bonds. The molecule has 0 heterocycles. The highest BCUT2D eigenvalue weighted by Gasteiger charge is 2.31. The number of nitro benzene ring substituents is 1. The fraction of sp³-hybridized carbons (Fsp3) is 0.583. The number of nitrogens with zero attached hydrogens (tertiary/aromatic N) is 1. The molecule has 1 rings (SSSR count). The summed E-state index contributed by atoms with van der Waals surface area (Å²) in [6.07, 6.45) is -7.33. The monoisotopic (exact) mass is 631 g/mol. The van der Waals surface area contributed by atoms with Crippen LogP contribution >= 0.6 is 0 Å². The highest BCUT2D eigenvalue weighted by atomic mass is 16.6. The Morgan fingerprint density at radius 3 is 2.16 bits per heavy atom. The fourth-order valence-electron chi connectivity index (χ4n) is 3.75. The van der Waals surface area contributed by atoms with E-state index in [1.165, 1.54) is 0 Å². The van der Waals surface area contributed by atoms with Gasteiger partial charge in [-0.25, -0.2) is 0 Å². The molecule has 20 heteroatoms. The third kappa shape index (κ3) is 12.9. The summed E-state index contributed by atoms with van der Waals surface area (Å²) in [6, 6.07) is 0.00601. The number of nitro groups is 1. The number of hydrogen-bond acceptors (Lipinski definition) is 14. The van der Waals surface area contributed by atoms with E-state index in [2.05, 4.69) is 16.0 Å². The number of carbonyl (C=O) groups excluding carboxylic acids is 3. The topological polar surface area (TPSA) is 335 Å². The molecule has 0 saturated carbocycles. The Bertz CT molecular complexity index is 1140. The molecule has 0 aliphatic carbocycles. The number of aliphatic hydroxyl groups is 5. The van der Waals surface area contributed by atoms with Gasteiger partial charge in [-0.2, -0.15) is 0 Å². The van der Waals surface area contributed by atoms with E-state index in [4.69, 9.17) is 15.9 Å². The van der Waals surface area contributed by atoms with Crippen molar-refractivity contribution in [2.45, 2.75) is 68.6 Å². The van der Waals surface area contributed by atoms with Crippen molar-refractivity contribution in [3.63, 3.8) is 0 Å². The zero-order chi connectivity index (χ0) is 33.6. The number of non-ortho nitro benzene ring substituents is 1. The number of hydrogen-bond donors (Lipinski definition) is 12. The van der Waals surface area contributed by atoms with E-state index >= 15 is 0 Å². The van der Waals surface area contributed by atoms with Crippen molar-refractivity contribution in [1.82, 2.24) is 16.0 Å².